The normalized spacial score (nSPS) is 14.8. The lowest BCUT2D eigenvalue weighted by Crippen LogP contribution is -2.44. The number of ether oxygens (including phenoxy) is 1. The Morgan fingerprint density at radius 1 is 1.16 bits per heavy atom. The van der Waals surface area contributed by atoms with Crippen LogP contribution in [-0.2, 0) is 4.79 Å². The van der Waals surface area contributed by atoms with E-state index < -0.39 is 18.0 Å². The summed E-state index contributed by atoms with van der Waals surface area (Å²) in [5.41, 5.74) is 0.771. The van der Waals surface area contributed by atoms with Gasteiger partial charge in [0.25, 0.3) is 0 Å². The summed E-state index contributed by atoms with van der Waals surface area (Å²) < 4.78 is 41.2. The molecule has 1 fully saturated rings. The van der Waals surface area contributed by atoms with Gasteiger partial charge in [-0.1, -0.05) is 21.3 Å². The fraction of sp³-hybridized carbons (Fsp3) is 0.588. The Morgan fingerprint density at radius 3 is 2.20 bits per heavy atom. The molecule has 1 aliphatic rings. The third kappa shape index (κ3) is 7.64. The van der Waals surface area contributed by atoms with Gasteiger partial charge in [-0.15, -0.1) is 13.2 Å². The first-order valence-electron chi connectivity index (χ1n) is 7.85. The average Bonchev–Trinajstić information content (AvgIpc) is 2.50. The number of nitrogens with zero attached hydrogens (tertiary/aromatic N) is 2. The number of likely N-dealkylation sites (N-methyl/N-ethyl adjacent to an activating group) is 1. The highest BCUT2D eigenvalue weighted by molar-refractivity contribution is 5.91. The molecule has 8 heteroatoms. The van der Waals surface area contributed by atoms with Crippen LogP contribution in [-0.4, -0.2) is 50.4 Å². The largest absolute Gasteiger partial charge is 0.573 e. The molecule has 1 amide bonds. The zero-order valence-corrected chi connectivity index (χ0v) is 14.4. The Hall–Kier alpha value is -1.96. The molecule has 0 aliphatic carbocycles. The first kappa shape index (κ1) is 23.0. The van der Waals surface area contributed by atoms with Crippen LogP contribution in [0, 0.1) is 0 Å². The number of rotatable bonds is 3. The van der Waals surface area contributed by atoms with Crippen molar-refractivity contribution in [2.45, 2.75) is 34.6 Å². The number of nitrogens with one attached hydrogen (secondary N) is 1. The van der Waals surface area contributed by atoms with Crippen LogP contribution in [0.2, 0.25) is 0 Å². The lowest BCUT2D eigenvalue weighted by atomic mass is 10.2. The minimum atomic E-state index is -4.80. The monoisotopic (exact) mass is 363 g/mol. The van der Waals surface area contributed by atoms with Gasteiger partial charge in [0, 0.05) is 38.8 Å². The number of halogens is 3. The van der Waals surface area contributed by atoms with E-state index in [0.717, 1.165) is 31.9 Å². The number of benzene rings is 1. The van der Waals surface area contributed by atoms with E-state index in [0.29, 0.717) is 0 Å². The molecule has 5 nitrogen and oxygen atoms in total. The summed E-state index contributed by atoms with van der Waals surface area (Å²) in [6, 6.07) is 4.30. The fourth-order valence-corrected chi connectivity index (χ4v) is 2.28. The van der Waals surface area contributed by atoms with Gasteiger partial charge in [0.2, 0.25) is 5.91 Å². The third-order valence-corrected chi connectivity index (χ3v) is 3.37. The topological polar surface area (TPSA) is 44.8 Å². The lowest BCUT2D eigenvalue weighted by Gasteiger charge is -2.34. The summed E-state index contributed by atoms with van der Waals surface area (Å²) in [5.74, 6) is -0.872. The van der Waals surface area contributed by atoms with Gasteiger partial charge in [-0.25, -0.2) is 0 Å². The maximum Gasteiger partial charge on any atom is 0.573 e. The molecule has 1 aromatic carbocycles. The van der Waals surface area contributed by atoms with Crippen molar-refractivity contribution < 1.29 is 22.7 Å². The van der Waals surface area contributed by atoms with Crippen LogP contribution in [0.5, 0.6) is 5.75 Å². The highest BCUT2D eigenvalue weighted by Crippen LogP contribution is 2.34. The van der Waals surface area contributed by atoms with Gasteiger partial charge in [-0.2, -0.15) is 0 Å². The number of amides is 1. The van der Waals surface area contributed by atoms with Crippen molar-refractivity contribution in [3.8, 4) is 5.75 Å². The summed E-state index contributed by atoms with van der Waals surface area (Å²) in [6.07, 6.45) is -4.80. The second kappa shape index (κ2) is 10.1. The van der Waals surface area contributed by atoms with Crippen molar-refractivity contribution in [3.63, 3.8) is 0 Å². The highest BCUT2D eigenvalue weighted by atomic mass is 19.4. The van der Waals surface area contributed by atoms with Crippen LogP contribution in [0.15, 0.2) is 18.2 Å². The van der Waals surface area contributed by atoms with Crippen molar-refractivity contribution >= 4 is 17.3 Å². The van der Waals surface area contributed by atoms with E-state index in [9.17, 15) is 18.0 Å². The van der Waals surface area contributed by atoms with E-state index in [4.69, 9.17) is 0 Å². The van der Waals surface area contributed by atoms with Crippen molar-refractivity contribution in [1.29, 1.82) is 0 Å². The minimum Gasteiger partial charge on any atom is -0.404 e. The van der Waals surface area contributed by atoms with Crippen molar-refractivity contribution in [2.24, 2.45) is 0 Å². The standard InChI is InChI=1S/C14H18F3N3O2.C2H6.CH4/c1-10(21)18-12-9-11(20-7-5-19(2)6-8-20)3-4-13(12)22-14(15,16)17;1-2;/h3-4,9H,5-8H2,1-2H3,(H,18,21);1-2H3;1H4. The molecule has 0 saturated carbocycles. The zero-order valence-electron chi connectivity index (χ0n) is 14.4. The Kier molecular flexibility index (Phi) is 9.33. The molecular weight excluding hydrogens is 335 g/mol. The molecule has 0 bridgehead atoms. The van der Waals surface area contributed by atoms with E-state index in [1.54, 1.807) is 6.07 Å². The smallest absolute Gasteiger partial charge is 0.404 e. The van der Waals surface area contributed by atoms with Crippen LogP contribution in [0.3, 0.4) is 0 Å². The molecule has 0 aromatic heterocycles. The molecule has 1 heterocycles. The zero-order chi connectivity index (χ0) is 18.3. The molecule has 1 N–H and O–H groups in total. The second-order valence-electron chi connectivity index (χ2n) is 5.20. The van der Waals surface area contributed by atoms with Gasteiger partial charge in [-0.3, -0.25) is 4.79 Å². The van der Waals surface area contributed by atoms with E-state index in [1.165, 1.54) is 19.1 Å². The van der Waals surface area contributed by atoms with Crippen LogP contribution in [0.25, 0.3) is 0 Å². The Morgan fingerprint density at radius 2 is 1.72 bits per heavy atom. The molecule has 144 valence electrons. The molecule has 0 radical (unpaired) electrons. The summed E-state index contributed by atoms with van der Waals surface area (Å²) in [5, 5.41) is 2.38. The maximum atomic E-state index is 12.4. The van der Waals surface area contributed by atoms with E-state index in [2.05, 4.69) is 19.9 Å². The molecule has 0 unspecified atom stereocenters. The first-order chi connectivity index (χ1) is 11.2. The van der Waals surface area contributed by atoms with Gasteiger partial charge >= 0.3 is 6.36 Å². The van der Waals surface area contributed by atoms with Crippen LogP contribution >= 0.6 is 0 Å². The fourth-order valence-electron chi connectivity index (χ4n) is 2.28. The Balaban J connectivity index is 0.00000185. The van der Waals surface area contributed by atoms with Gasteiger partial charge in [0.05, 0.1) is 5.69 Å². The Labute approximate surface area is 147 Å². The summed E-state index contributed by atoms with van der Waals surface area (Å²) >= 11 is 0. The lowest BCUT2D eigenvalue weighted by molar-refractivity contribution is -0.274. The number of carbonyl (C=O) groups is 1. The molecule has 25 heavy (non-hydrogen) atoms. The second-order valence-corrected chi connectivity index (χ2v) is 5.20. The average molecular weight is 363 g/mol. The molecule has 1 aromatic rings. The predicted molar refractivity (Wildman–Crippen MR) is 95.2 cm³/mol. The molecule has 0 spiro atoms. The number of hydrogen-bond donors (Lipinski definition) is 1. The predicted octanol–water partition coefficient (Wildman–Crippen LogP) is 3.96. The van der Waals surface area contributed by atoms with Crippen molar-refractivity contribution in [3.05, 3.63) is 18.2 Å². The van der Waals surface area contributed by atoms with Crippen LogP contribution in [0.4, 0.5) is 24.5 Å². The van der Waals surface area contributed by atoms with Crippen LogP contribution < -0.4 is 15.0 Å². The quantitative estimate of drug-likeness (QED) is 0.883. The maximum absolute atomic E-state index is 12.4. The first-order valence-corrected chi connectivity index (χ1v) is 7.85. The summed E-state index contributed by atoms with van der Waals surface area (Å²) in [4.78, 5) is 15.4. The van der Waals surface area contributed by atoms with Gasteiger partial charge in [0.15, 0.2) is 5.75 Å². The molecule has 1 saturated heterocycles. The number of piperazine rings is 1. The number of carbonyl (C=O) groups excluding carboxylic acids is 1. The summed E-state index contributed by atoms with van der Waals surface area (Å²) in [7, 11) is 2.01. The van der Waals surface area contributed by atoms with E-state index >= 15 is 0 Å². The van der Waals surface area contributed by atoms with Gasteiger partial charge < -0.3 is 19.9 Å². The number of alkyl halides is 3. The summed E-state index contributed by atoms with van der Waals surface area (Å²) in [6.45, 7) is 8.53. The van der Waals surface area contributed by atoms with Gasteiger partial charge in [-0.05, 0) is 25.2 Å². The van der Waals surface area contributed by atoms with Crippen molar-refractivity contribution in [1.82, 2.24) is 4.90 Å². The minimum absolute atomic E-state index is 0. The van der Waals surface area contributed by atoms with Crippen LogP contribution in [0.1, 0.15) is 28.2 Å². The number of hydrogen-bond acceptors (Lipinski definition) is 4. The van der Waals surface area contributed by atoms with E-state index in [1.807, 2.05) is 20.9 Å². The highest BCUT2D eigenvalue weighted by Gasteiger charge is 2.32. The van der Waals surface area contributed by atoms with Crippen molar-refractivity contribution in [2.75, 3.05) is 43.4 Å². The third-order valence-electron chi connectivity index (χ3n) is 3.37. The molecule has 1 aliphatic heterocycles. The molecular formula is C17H28F3N3O2. The van der Waals surface area contributed by atoms with E-state index in [-0.39, 0.29) is 13.1 Å². The molecule has 0 atom stereocenters. The molecule has 2 rings (SSSR count). The SMILES string of the molecule is C.CC.CC(=O)Nc1cc(N2CCN(C)CC2)ccc1OC(F)(F)F. The van der Waals surface area contributed by atoms with Gasteiger partial charge in [0.1, 0.15) is 0 Å². The Bertz CT molecular complexity index is 542. The number of anilines is 2.